The molecule has 0 fully saturated rings. The molecule has 25 heavy (non-hydrogen) atoms. The molecule has 3 rings (SSSR count). The minimum absolute atomic E-state index is 0.0959. The molecule has 2 aromatic rings. The van der Waals surface area contributed by atoms with Crippen LogP contribution in [0.25, 0.3) is 0 Å². The van der Waals surface area contributed by atoms with Gasteiger partial charge in [-0.15, -0.1) is 0 Å². The highest BCUT2D eigenvalue weighted by Gasteiger charge is 2.20. The largest absolute Gasteiger partial charge is 0.493 e. The highest BCUT2D eigenvalue weighted by Crippen LogP contribution is 2.34. The number of methoxy groups -OCH3 is 1. The normalized spacial score (nSPS) is 14.4. The van der Waals surface area contributed by atoms with Crippen molar-refractivity contribution in [1.82, 2.24) is 5.43 Å². The summed E-state index contributed by atoms with van der Waals surface area (Å²) in [5.41, 5.74) is 5.25. The number of carbonyl (C=O) groups is 1. The summed E-state index contributed by atoms with van der Waals surface area (Å²) in [5.74, 6) is 1.64. The van der Waals surface area contributed by atoms with Gasteiger partial charge in [0.05, 0.1) is 19.4 Å². The average Bonchev–Trinajstić information content (AvgIpc) is 2.65. The lowest BCUT2D eigenvalue weighted by molar-refractivity contribution is -0.123. The van der Waals surface area contributed by atoms with E-state index < -0.39 is 0 Å². The van der Waals surface area contributed by atoms with E-state index in [0.29, 0.717) is 30.3 Å². The number of nitrogens with zero attached hydrogens (tertiary/aromatic N) is 1. The monoisotopic (exact) mass is 340 g/mol. The van der Waals surface area contributed by atoms with Gasteiger partial charge in [0, 0.05) is 12.0 Å². The van der Waals surface area contributed by atoms with Crippen molar-refractivity contribution in [2.75, 3.05) is 20.3 Å². The van der Waals surface area contributed by atoms with Crippen molar-refractivity contribution in [3.63, 3.8) is 0 Å². The van der Waals surface area contributed by atoms with E-state index in [9.17, 15) is 4.79 Å². The first-order chi connectivity index (χ1) is 12.2. The minimum Gasteiger partial charge on any atom is -0.493 e. The second-order valence-corrected chi connectivity index (χ2v) is 5.63. The lowest BCUT2D eigenvalue weighted by atomic mass is 10.0. The van der Waals surface area contributed by atoms with Crippen molar-refractivity contribution < 1.29 is 19.0 Å². The van der Waals surface area contributed by atoms with E-state index in [4.69, 9.17) is 14.2 Å². The Morgan fingerprint density at radius 2 is 2.04 bits per heavy atom. The topological polar surface area (TPSA) is 69.2 Å². The molecule has 1 N–H and O–H groups in total. The van der Waals surface area contributed by atoms with Crippen molar-refractivity contribution >= 4 is 11.6 Å². The lowest BCUT2D eigenvalue weighted by Gasteiger charge is -2.20. The summed E-state index contributed by atoms with van der Waals surface area (Å²) < 4.78 is 16.4. The molecular weight excluding hydrogens is 320 g/mol. The summed E-state index contributed by atoms with van der Waals surface area (Å²) in [6.45, 7) is 2.39. The number of benzene rings is 2. The van der Waals surface area contributed by atoms with Crippen LogP contribution in [0.3, 0.4) is 0 Å². The van der Waals surface area contributed by atoms with E-state index in [0.717, 1.165) is 16.8 Å². The summed E-state index contributed by atoms with van der Waals surface area (Å²) in [4.78, 5) is 12.0. The fraction of sp³-hybridized carbons (Fsp3) is 0.263. The Morgan fingerprint density at radius 3 is 2.80 bits per heavy atom. The van der Waals surface area contributed by atoms with Crippen LogP contribution >= 0.6 is 0 Å². The molecular formula is C19H20N2O4. The first kappa shape index (κ1) is 16.8. The maximum atomic E-state index is 12.0. The number of hydrogen-bond donors (Lipinski definition) is 1. The van der Waals surface area contributed by atoms with Crippen LogP contribution in [-0.2, 0) is 4.79 Å². The maximum Gasteiger partial charge on any atom is 0.277 e. The number of fused-ring (bicyclic) bond motifs is 1. The second-order valence-electron chi connectivity index (χ2n) is 5.63. The zero-order valence-corrected chi connectivity index (χ0v) is 14.2. The Labute approximate surface area is 146 Å². The van der Waals surface area contributed by atoms with Gasteiger partial charge in [-0.05, 0) is 31.2 Å². The van der Waals surface area contributed by atoms with Gasteiger partial charge in [-0.3, -0.25) is 4.79 Å². The molecule has 130 valence electrons. The van der Waals surface area contributed by atoms with Gasteiger partial charge in [0.1, 0.15) is 5.75 Å². The van der Waals surface area contributed by atoms with Gasteiger partial charge in [0.25, 0.3) is 5.91 Å². The van der Waals surface area contributed by atoms with Crippen LogP contribution in [0.15, 0.2) is 47.6 Å². The van der Waals surface area contributed by atoms with Crippen LogP contribution in [0.5, 0.6) is 17.2 Å². The molecule has 1 amide bonds. The summed E-state index contributed by atoms with van der Waals surface area (Å²) in [5, 5.41) is 4.23. The molecule has 0 unspecified atom stereocenters. The Bertz CT molecular complexity index is 785. The number of carbonyl (C=O) groups excluding carboxylic acids is 1. The Balaban J connectivity index is 1.63. The predicted molar refractivity (Wildman–Crippen MR) is 94.5 cm³/mol. The van der Waals surface area contributed by atoms with Crippen molar-refractivity contribution in [1.29, 1.82) is 0 Å². The molecule has 0 radical (unpaired) electrons. The van der Waals surface area contributed by atoms with Crippen LogP contribution in [-0.4, -0.2) is 31.9 Å². The standard InChI is InChI=1S/C19H20N2O4/c1-13-6-8-14(9-7-13)25-12-18(22)21-20-16-10-11-24-19-15(16)4-3-5-17(19)23-2/h3-9H,10-12H2,1-2H3,(H,21,22). The van der Waals surface area contributed by atoms with E-state index in [1.54, 1.807) is 7.11 Å². The van der Waals surface area contributed by atoms with Crippen LogP contribution in [0.4, 0.5) is 0 Å². The van der Waals surface area contributed by atoms with Crippen LogP contribution in [0, 0.1) is 6.92 Å². The summed E-state index contributed by atoms with van der Waals surface area (Å²) in [6.07, 6.45) is 0.610. The molecule has 1 aliphatic rings. The predicted octanol–water partition coefficient (Wildman–Crippen LogP) is 2.69. The number of aryl methyl sites for hydroxylation is 1. The smallest absolute Gasteiger partial charge is 0.277 e. The fourth-order valence-electron chi connectivity index (χ4n) is 2.50. The van der Waals surface area contributed by atoms with Crippen LogP contribution in [0.1, 0.15) is 17.5 Å². The van der Waals surface area contributed by atoms with Gasteiger partial charge < -0.3 is 14.2 Å². The van der Waals surface area contributed by atoms with Gasteiger partial charge in [0.15, 0.2) is 18.1 Å². The molecule has 0 saturated heterocycles. The van der Waals surface area contributed by atoms with E-state index in [1.807, 2.05) is 49.4 Å². The lowest BCUT2D eigenvalue weighted by Crippen LogP contribution is -2.27. The third kappa shape index (κ3) is 4.09. The van der Waals surface area contributed by atoms with E-state index in [-0.39, 0.29) is 12.5 Å². The SMILES string of the molecule is COc1cccc2c1OCCC2=NNC(=O)COc1ccc(C)cc1. The maximum absolute atomic E-state index is 12.0. The zero-order valence-electron chi connectivity index (χ0n) is 14.2. The van der Waals surface area contributed by atoms with Crippen molar-refractivity contribution in [2.24, 2.45) is 5.10 Å². The van der Waals surface area contributed by atoms with E-state index in [2.05, 4.69) is 10.5 Å². The van der Waals surface area contributed by atoms with Gasteiger partial charge in [-0.1, -0.05) is 23.8 Å². The summed E-state index contributed by atoms with van der Waals surface area (Å²) in [6, 6.07) is 13.1. The quantitative estimate of drug-likeness (QED) is 0.850. The Kier molecular flexibility index (Phi) is 5.18. The van der Waals surface area contributed by atoms with Crippen molar-refractivity contribution in [3.8, 4) is 17.2 Å². The number of nitrogens with one attached hydrogen (secondary N) is 1. The molecule has 0 saturated carbocycles. The highest BCUT2D eigenvalue weighted by molar-refractivity contribution is 6.04. The number of ether oxygens (including phenoxy) is 3. The summed E-state index contributed by atoms with van der Waals surface area (Å²) >= 11 is 0. The number of para-hydroxylation sites is 1. The minimum atomic E-state index is -0.316. The van der Waals surface area contributed by atoms with Gasteiger partial charge in [-0.2, -0.15) is 5.10 Å². The molecule has 1 aliphatic heterocycles. The zero-order chi connectivity index (χ0) is 17.6. The highest BCUT2D eigenvalue weighted by atomic mass is 16.5. The molecule has 0 bridgehead atoms. The van der Waals surface area contributed by atoms with Crippen molar-refractivity contribution in [3.05, 3.63) is 53.6 Å². The molecule has 6 heteroatoms. The van der Waals surface area contributed by atoms with E-state index >= 15 is 0 Å². The molecule has 6 nitrogen and oxygen atoms in total. The number of rotatable bonds is 5. The molecule has 0 spiro atoms. The first-order valence-electron chi connectivity index (χ1n) is 8.02. The van der Waals surface area contributed by atoms with Crippen LogP contribution in [0.2, 0.25) is 0 Å². The average molecular weight is 340 g/mol. The molecule has 0 atom stereocenters. The first-order valence-corrected chi connectivity index (χ1v) is 8.02. The number of hydrogen-bond acceptors (Lipinski definition) is 5. The number of hydrazone groups is 1. The Hall–Kier alpha value is -3.02. The second kappa shape index (κ2) is 7.70. The van der Waals surface area contributed by atoms with Crippen molar-refractivity contribution in [2.45, 2.75) is 13.3 Å². The molecule has 2 aromatic carbocycles. The molecule has 1 heterocycles. The molecule has 0 aliphatic carbocycles. The van der Waals surface area contributed by atoms with Crippen LogP contribution < -0.4 is 19.6 Å². The third-order valence-corrected chi connectivity index (χ3v) is 3.80. The third-order valence-electron chi connectivity index (χ3n) is 3.80. The Morgan fingerprint density at radius 1 is 1.24 bits per heavy atom. The van der Waals surface area contributed by atoms with Gasteiger partial charge in [0.2, 0.25) is 0 Å². The van der Waals surface area contributed by atoms with Gasteiger partial charge in [-0.25, -0.2) is 5.43 Å². The number of amides is 1. The fourth-order valence-corrected chi connectivity index (χ4v) is 2.50. The van der Waals surface area contributed by atoms with E-state index in [1.165, 1.54) is 0 Å². The van der Waals surface area contributed by atoms with Gasteiger partial charge >= 0.3 is 0 Å². The molecule has 0 aromatic heterocycles. The summed E-state index contributed by atoms with van der Waals surface area (Å²) in [7, 11) is 1.59.